The number of nitrogens with zero attached hydrogens (tertiary/aromatic N) is 4. The van der Waals surface area contributed by atoms with Crippen molar-refractivity contribution < 1.29 is 0 Å². The molecule has 0 saturated carbocycles. The summed E-state index contributed by atoms with van der Waals surface area (Å²) in [5.41, 5.74) is 6.31. The third-order valence-electron chi connectivity index (χ3n) is 1.97. The normalized spacial score (nSPS) is 12.0. The lowest BCUT2D eigenvalue weighted by molar-refractivity contribution is 0.569. The standard InChI is InChI=1S/C11H15N5/c1-11(2,3)16(10(13)15-8-12)9-5-4-6-14-7-9/h4-7H,1-3H3,(H2,13,15). The Balaban J connectivity index is 3.19. The first kappa shape index (κ1) is 12.0. The Kier molecular flexibility index (Phi) is 3.46. The second-order valence-electron chi connectivity index (χ2n) is 4.29. The van der Waals surface area contributed by atoms with Gasteiger partial charge in [-0.1, -0.05) is 0 Å². The summed E-state index contributed by atoms with van der Waals surface area (Å²) in [6.45, 7) is 5.96. The molecule has 0 saturated heterocycles. The molecule has 0 aromatic carbocycles. The molecule has 0 aliphatic rings. The molecule has 0 aliphatic carbocycles. The number of nitriles is 1. The Hall–Kier alpha value is -2.09. The molecule has 5 heteroatoms. The van der Waals surface area contributed by atoms with Crippen LogP contribution in [0.5, 0.6) is 0 Å². The zero-order valence-electron chi connectivity index (χ0n) is 9.68. The Labute approximate surface area is 95.2 Å². The number of anilines is 1. The Morgan fingerprint density at radius 2 is 2.25 bits per heavy atom. The van der Waals surface area contributed by atoms with Crippen LogP contribution in [-0.4, -0.2) is 16.5 Å². The minimum absolute atomic E-state index is 0.169. The maximum Gasteiger partial charge on any atom is 0.212 e. The maximum atomic E-state index is 8.54. The second-order valence-corrected chi connectivity index (χ2v) is 4.29. The third kappa shape index (κ3) is 2.70. The number of aromatic nitrogens is 1. The molecule has 1 aromatic rings. The highest BCUT2D eigenvalue weighted by atomic mass is 15.3. The molecular formula is C11H15N5. The molecule has 0 radical (unpaired) electrons. The highest BCUT2D eigenvalue weighted by Gasteiger charge is 2.25. The molecule has 1 rings (SSSR count). The number of guanidine groups is 1. The topological polar surface area (TPSA) is 78.3 Å². The van der Waals surface area contributed by atoms with Gasteiger partial charge in [0.15, 0.2) is 0 Å². The van der Waals surface area contributed by atoms with E-state index in [9.17, 15) is 0 Å². The van der Waals surface area contributed by atoms with E-state index in [2.05, 4.69) is 9.98 Å². The summed E-state index contributed by atoms with van der Waals surface area (Å²) < 4.78 is 0. The molecule has 1 aromatic heterocycles. The average molecular weight is 217 g/mol. The molecule has 0 unspecified atom stereocenters. The quantitative estimate of drug-likeness (QED) is 0.439. The van der Waals surface area contributed by atoms with Gasteiger partial charge in [-0.25, -0.2) is 0 Å². The molecule has 84 valence electrons. The van der Waals surface area contributed by atoms with Crippen LogP contribution in [0.3, 0.4) is 0 Å². The largest absolute Gasteiger partial charge is 0.369 e. The first-order chi connectivity index (χ1) is 7.46. The highest BCUT2D eigenvalue weighted by Crippen LogP contribution is 2.22. The Morgan fingerprint density at radius 1 is 1.56 bits per heavy atom. The van der Waals surface area contributed by atoms with Gasteiger partial charge in [0.05, 0.1) is 11.9 Å². The first-order valence-electron chi connectivity index (χ1n) is 4.89. The van der Waals surface area contributed by atoms with E-state index in [4.69, 9.17) is 11.0 Å². The molecule has 0 aliphatic heterocycles. The summed E-state index contributed by atoms with van der Waals surface area (Å²) in [7, 11) is 0. The van der Waals surface area contributed by atoms with Gasteiger partial charge in [-0.05, 0) is 32.9 Å². The van der Waals surface area contributed by atoms with Gasteiger partial charge in [0.1, 0.15) is 0 Å². The first-order valence-corrected chi connectivity index (χ1v) is 4.89. The second kappa shape index (κ2) is 4.62. The van der Waals surface area contributed by atoms with Crippen molar-refractivity contribution in [3.63, 3.8) is 0 Å². The molecule has 0 amide bonds. The fourth-order valence-corrected chi connectivity index (χ4v) is 1.45. The van der Waals surface area contributed by atoms with Crippen molar-refractivity contribution in [3.8, 4) is 6.19 Å². The predicted molar refractivity (Wildman–Crippen MR) is 63.7 cm³/mol. The molecule has 1 heterocycles. The zero-order chi connectivity index (χ0) is 12.2. The van der Waals surface area contributed by atoms with Gasteiger partial charge in [0.2, 0.25) is 12.2 Å². The van der Waals surface area contributed by atoms with Crippen LogP contribution in [0.1, 0.15) is 20.8 Å². The minimum atomic E-state index is -0.270. The summed E-state index contributed by atoms with van der Waals surface area (Å²) in [6, 6.07) is 3.69. The molecule has 0 spiro atoms. The van der Waals surface area contributed by atoms with Crippen molar-refractivity contribution >= 4 is 11.6 Å². The number of pyridine rings is 1. The van der Waals surface area contributed by atoms with Gasteiger partial charge in [0, 0.05) is 11.7 Å². The van der Waals surface area contributed by atoms with Crippen LogP contribution in [0.4, 0.5) is 5.69 Å². The fourth-order valence-electron chi connectivity index (χ4n) is 1.45. The van der Waals surface area contributed by atoms with Gasteiger partial charge < -0.3 is 10.6 Å². The zero-order valence-corrected chi connectivity index (χ0v) is 9.68. The third-order valence-corrected chi connectivity index (χ3v) is 1.97. The molecule has 0 atom stereocenters. The van der Waals surface area contributed by atoms with Crippen LogP contribution in [-0.2, 0) is 0 Å². The lowest BCUT2D eigenvalue weighted by Gasteiger charge is -2.35. The van der Waals surface area contributed by atoms with E-state index in [0.29, 0.717) is 0 Å². The van der Waals surface area contributed by atoms with Gasteiger partial charge in [-0.15, -0.1) is 4.99 Å². The molecule has 0 bridgehead atoms. The van der Waals surface area contributed by atoms with E-state index < -0.39 is 0 Å². The molecular weight excluding hydrogens is 202 g/mol. The van der Waals surface area contributed by atoms with E-state index in [1.54, 1.807) is 23.5 Å². The van der Waals surface area contributed by atoms with Crippen LogP contribution >= 0.6 is 0 Å². The molecule has 5 nitrogen and oxygen atoms in total. The van der Waals surface area contributed by atoms with Crippen molar-refractivity contribution in [3.05, 3.63) is 24.5 Å². The van der Waals surface area contributed by atoms with Crippen LogP contribution in [0.2, 0.25) is 0 Å². The molecule has 16 heavy (non-hydrogen) atoms. The van der Waals surface area contributed by atoms with Crippen molar-refractivity contribution in [2.75, 3.05) is 4.90 Å². The SMILES string of the molecule is CC(C)(C)N(C(N)=NC#N)c1cccnc1. The van der Waals surface area contributed by atoms with E-state index in [1.165, 1.54) is 0 Å². The predicted octanol–water partition coefficient (Wildman–Crippen LogP) is 1.48. The van der Waals surface area contributed by atoms with Crippen molar-refractivity contribution in [2.24, 2.45) is 10.7 Å². The summed E-state index contributed by atoms with van der Waals surface area (Å²) in [4.78, 5) is 9.36. The number of hydrogen-bond acceptors (Lipinski definition) is 3. The highest BCUT2D eigenvalue weighted by molar-refractivity contribution is 5.96. The summed E-state index contributed by atoms with van der Waals surface area (Å²) >= 11 is 0. The number of nitrogens with two attached hydrogens (primary N) is 1. The van der Waals surface area contributed by atoms with Gasteiger partial charge in [0.25, 0.3) is 0 Å². The van der Waals surface area contributed by atoms with Gasteiger partial charge in [-0.3, -0.25) is 4.98 Å². The van der Waals surface area contributed by atoms with Gasteiger partial charge >= 0.3 is 0 Å². The average Bonchev–Trinajstić information content (AvgIpc) is 2.17. The molecule has 2 N–H and O–H groups in total. The molecule has 0 fully saturated rings. The van der Waals surface area contributed by atoms with Crippen LogP contribution < -0.4 is 10.6 Å². The van der Waals surface area contributed by atoms with Crippen LogP contribution in [0, 0.1) is 11.5 Å². The minimum Gasteiger partial charge on any atom is -0.369 e. The van der Waals surface area contributed by atoms with E-state index in [1.807, 2.05) is 32.9 Å². The summed E-state index contributed by atoms with van der Waals surface area (Å²) in [5, 5.41) is 8.54. The monoisotopic (exact) mass is 217 g/mol. The van der Waals surface area contributed by atoms with E-state index in [0.717, 1.165) is 5.69 Å². The van der Waals surface area contributed by atoms with E-state index >= 15 is 0 Å². The lowest BCUT2D eigenvalue weighted by Crippen LogP contribution is -2.49. The Morgan fingerprint density at radius 3 is 2.69 bits per heavy atom. The maximum absolute atomic E-state index is 8.54. The van der Waals surface area contributed by atoms with Gasteiger partial charge in [-0.2, -0.15) is 5.26 Å². The lowest BCUT2D eigenvalue weighted by atomic mass is 10.1. The Bertz CT molecular complexity index is 410. The summed E-state index contributed by atoms with van der Waals surface area (Å²) in [6.07, 6.45) is 5.06. The summed E-state index contributed by atoms with van der Waals surface area (Å²) in [5.74, 6) is 0.169. The van der Waals surface area contributed by atoms with Crippen LogP contribution in [0.25, 0.3) is 0 Å². The van der Waals surface area contributed by atoms with Crippen LogP contribution in [0.15, 0.2) is 29.5 Å². The number of rotatable bonds is 1. The van der Waals surface area contributed by atoms with Crippen molar-refractivity contribution in [2.45, 2.75) is 26.3 Å². The van der Waals surface area contributed by atoms with Crippen molar-refractivity contribution in [1.82, 2.24) is 4.98 Å². The van der Waals surface area contributed by atoms with E-state index in [-0.39, 0.29) is 11.5 Å². The number of hydrogen-bond donors (Lipinski definition) is 1. The fraction of sp³-hybridized carbons (Fsp3) is 0.364. The smallest absolute Gasteiger partial charge is 0.212 e. The number of aliphatic imine (C=N–C) groups is 1. The van der Waals surface area contributed by atoms with Crippen molar-refractivity contribution in [1.29, 1.82) is 5.26 Å².